The zero-order chi connectivity index (χ0) is 16.2. The second kappa shape index (κ2) is 6.33. The number of hydrogen-bond donors (Lipinski definition) is 0. The molecule has 2 aromatic carbocycles. The third-order valence-corrected chi connectivity index (χ3v) is 3.64. The molecule has 112 valence electrons. The van der Waals surface area contributed by atoms with E-state index < -0.39 is 0 Å². The van der Waals surface area contributed by atoms with Crippen molar-refractivity contribution in [2.24, 2.45) is 0 Å². The van der Waals surface area contributed by atoms with E-state index in [9.17, 15) is 9.65 Å². The second-order valence-electron chi connectivity index (χ2n) is 5.32. The summed E-state index contributed by atoms with van der Waals surface area (Å²) in [6.07, 6.45) is 3.71. The van der Waals surface area contributed by atoms with Gasteiger partial charge in [0.2, 0.25) is 0 Å². The maximum atomic E-state index is 13.4. The summed E-state index contributed by atoms with van der Waals surface area (Å²) in [7, 11) is 0. The molecule has 0 saturated carbocycles. The number of hydrogen-bond acceptors (Lipinski definition) is 1. The normalized spacial score (nSPS) is 11.3. The topological polar surface area (TPSA) is 28.7 Å². The van der Waals surface area contributed by atoms with E-state index in [1.54, 1.807) is 18.2 Å². The Labute approximate surface area is 134 Å². The molecule has 1 heterocycles. The Kier molecular flexibility index (Phi) is 4.07. The largest absolute Gasteiger partial charge is 0.317 e. The Balaban J connectivity index is 2.04. The number of nitriles is 1. The lowest BCUT2D eigenvalue weighted by Gasteiger charge is -2.08. The SMILES string of the molecule is Cc1ccc(-n2cccc2/C=C(/C#N)c2cccc(F)c2)cc1. The van der Waals surface area contributed by atoms with Crippen LogP contribution in [-0.2, 0) is 0 Å². The molecular formula is C20H15FN2. The summed E-state index contributed by atoms with van der Waals surface area (Å²) in [5.41, 5.74) is 4.08. The Hall–Kier alpha value is -3.12. The quantitative estimate of drug-likeness (QED) is 0.627. The highest BCUT2D eigenvalue weighted by Crippen LogP contribution is 2.21. The predicted octanol–water partition coefficient (Wildman–Crippen LogP) is 4.99. The van der Waals surface area contributed by atoms with Crippen molar-refractivity contribution in [1.29, 1.82) is 5.26 Å². The summed E-state index contributed by atoms with van der Waals surface area (Å²) in [5, 5.41) is 9.42. The Morgan fingerprint density at radius 1 is 1.09 bits per heavy atom. The average molecular weight is 302 g/mol. The van der Waals surface area contributed by atoms with Crippen LogP contribution in [0.5, 0.6) is 0 Å². The standard InChI is InChI=1S/C20H15FN2/c1-15-7-9-19(10-8-15)23-11-3-6-20(23)13-17(14-22)16-4-2-5-18(21)12-16/h2-13H,1H3/b17-13-. The van der Waals surface area contributed by atoms with E-state index in [0.717, 1.165) is 11.4 Å². The Bertz CT molecular complexity index is 896. The van der Waals surface area contributed by atoms with Crippen molar-refractivity contribution in [3.05, 3.63) is 89.5 Å². The molecule has 0 aliphatic heterocycles. The maximum Gasteiger partial charge on any atom is 0.123 e. The molecule has 23 heavy (non-hydrogen) atoms. The van der Waals surface area contributed by atoms with Gasteiger partial charge in [-0.25, -0.2) is 4.39 Å². The van der Waals surface area contributed by atoms with Crippen LogP contribution in [0.4, 0.5) is 4.39 Å². The molecule has 0 atom stereocenters. The fourth-order valence-corrected chi connectivity index (χ4v) is 2.44. The number of halogens is 1. The third kappa shape index (κ3) is 3.22. The summed E-state index contributed by atoms with van der Waals surface area (Å²) in [6, 6.07) is 20.2. The van der Waals surface area contributed by atoms with E-state index in [1.807, 2.05) is 54.1 Å². The monoisotopic (exact) mass is 302 g/mol. The highest BCUT2D eigenvalue weighted by Gasteiger charge is 2.06. The molecule has 0 radical (unpaired) electrons. The molecule has 0 spiro atoms. The van der Waals surface area contributed by atoms with Gasteiger partial charge < -0.3 is 4.57 Å². The summed E-state index contributed by atoms with van der Waals surface area (Å²) in [6.45, 7) is 2.04. The van der Waals surface area contributed by atoms with Crippen LogP contribution in [0.3, 0.4) is 0 Å². The average Bonchev–Trinajstić information content (AvgIpc) is 3.01. The highest BCUT2D eigenvalue weighted by molar-refractivity contribution is 5.89. The number of aromatic nitrogens is 1. The van der Waals surface area contributed by atoms with E-state index in [4.69, 9.17) is 0 Å². The van der Waals surface area contributed by atoms with Gasteiger partial charge in [-0.2, -0.15) is 5.26 Å². The van der Waals surface area contributed by atoms with Crippen LogP contribution in [0.2, 0.25) is 0 Å². The van der Waals surface area contributed by atoms with Gasteiger partial charge in [0.1, 0.15) is 5.82 Å². The van der Waals surface area contributed by atoms with Crippen molar-refractivity contribution in [1.82, 2.24) is 4.57 Å². The van der Waals surface area contributed by atoms with Crippen LogP contribution in [0.15, 0.2) is 66.9 Å². The number of benzene rings is 2. The number of aryl methyl sites for hydroxylation is 1. The van der Waals surface area contributed by atoms with Crippen LogP contribution in [-0.4, -0.2) is 4.57 Å². The van der Waals surface area contributed by atoms with Crippen molar-refractivity contribution in [2.75, 3.05) is 0 Å². The minimum atomic E-state index is -0.349. The van der Waals surface area contributed by atoms with Gasteiger partial charge in [0.25, 0.3) is 0 Å². The molecule has 1 aromatic heterocycles. The van der Waals surface area contributed by atoms with Gasteiger partial charge in [-0.05, 0) is 55.0 Å². The number of rotatable bonds is 3. The minimum Gasteiger partial charge on any atom is -0.317 e. The van der Waals surface area contributed by atoms with Gasteiger partial charge in [0.05, 0.1) is 11.6 Å². The lowest BCUT2D eigenvalue weighted by Crippen LogP contribution is -1.95. The molecule has 0 fully saturated rings. The molecule has 2 nitrogen and oxygen atoms in total. The van der Waals surface area contributed by atoms with Crippen LogP contribution < -0.4 is 0 Å². The summed E-state index contributed by atoms with van der Waals surface area (Å²) in [4.78, 5) is 0. The predicted molar refractivity (Wildman–Crippen MR) is 90.4 cm³/mol. The molecule has 3 heteroatoms. The van der Waals surface area contributed by atoms with E-state index >= 15 is 0 Å². The number of nitrogens with zero attached hydrogens (tertiary/aromatic N) is 2. The first kappa shape index (κ1) is 14.8. The van der Waals surface area contributed by atoms with Crippen LogP contribution in [0.25, 0.3) is 17.3 Å². The summed E-state index contributed by atoms with van der Waals surface area (Å²) in [5.74, 6) is -0.349. The van der Waals surface area contributed by atoms with Crippen LogP contribution >= 0.6 is 0 Å². The van der Waals surface area contributed by atoms with E-state index in [-0.39, 0.29) is 5.82 Å². The van der Waals surface area contributed by atoms with E-state index in [0.29, 0.717) is 11.1 Å². The molecule has 0 N–H and O–H groups in total. The molecule has 0 aliphatic rings. The van der Waals surface area contributed by atoms with Crippen molar-refractivity contribution in [2.45, 2.75) is 6.92 Å². The van der Waals surface area contributed by atoms with Crippen molar-refractivity contribution < 1.29 is 4.39 Å². The zero-order valence-electron chi connectivity index (χ0n) is 12.7. The van der Waals surface area contributed by atoms with Crippen LogP contribution in [0.1, 0.15) is 16.8 Å². The Morgan fingerprint density at radius 3 is 2.57 bits per heavy atom. The first-order valence-corrected chi connectivity index (χ1v) is 7.29. The van der Waals surface area contributed by atoms with Crippen molar-refractivity contribution in [3.63, 3.8) is 0 Å². The maximum absolute atomic E-state index is 13.4. The van der Waals surface area contributed by atoms with Gasteiger partial charge in [0, 0.05) is 17.6 Å². The lowest BCUT2D eigenvalue weighted by molar-refractivity contribution is 0.627. The zero-order valence-corrected chi connectivity index (χ0v) is 12.7. The fraction of sp³-hybridized carbons (Fsp3) is 0.0500. The molecule has 3 rings (SSSR count). The molecule has 0 amide bonds. The fourth-order valence-electron chi connectivity index (χ4n) is 2.44. The molecular weight excluding hydrogens is 287 g/mol. The smallest absolute Gasteiger partial charge is 0.123 e. The van der Waals surface area contributed by atoms with Gasteiger partial charge in [-0.1, -0.05) is 29.8 Å². The van der Waals surface area contributed by atoms with Crippen LogP contribution in [0, 0.1) is 24.1 Å². The minimum absolute atomic E-state index is 0.349. The number of allylic oxidation sites excluding steroid dienone is 1. The molecule has 0 saturated heterocycles. The Morgan fingerprint density at radius 2 is 1.87 bits per heavy atom. The summed E-state index contributed by atoms with van der Waals surface area (Å²) < 4.78 is 15.4. The van der Waals surface area contributed by atoms with Gasteiger partial charge in [-0.15, -0.1) is 0 Å². The molecule has 0 aliphatic carbocycles. The van der Waals surface area contributed by atoms with Gasteiger partial charge in [-0.3, -0.25) is 0 Å². The van der Waals surface area contributed by atoms with Crippen molar-refractivity contribution in [3.8, 4) is 11.8 Å². The van der Waals surface area contributed by atoms with Gasteiger partial charge >= 0.3 is 0 Å². The molecule has 3 aromatic rings. The lowest BCUT2D eigenvalue weighted by atomic mass is 10.1. The van der Waals surface area contributed by atoms with E-state index in [2.05, 4.69) is 6.07 Å². The van der Waals surface area contributed by atoms with Gasteiger partial charge in [0.15, 0.2) is 0 Å². The first-order valence-electron chi connectivity index (χ1n) is 7.29. The highest BCUT2D eigenvalue weighted by atomic mass is 19.1. The van der Waals surface area contributed by atoms with Crippen molar-refractivity contribution >= 4 is 11.6 Å². The third-order valence-electron chi connectivity index (χ3n) is 3.64. The van der Waals surface area contributed by atoms with E-state index in [1.165, 1.54) is 17.7 Å². The molecule has 0 unspecified atom stereocenters. The first-order chi connectivity index (χ1) is 11.2. The second-order valence-corrected chi connectivity index (χ2v) is 5.32. The summed E-state index contributed by atoms with van der Waals surface area (Å²) >= 11 is 0. The molecule has 0 bridgehead atoms.